The molecular weight excluding hydrogens is 250 g/mol. The number of hydrogen-bond donors (Lipinski definition) is 1. The Morgan fingerprint density at radius 2 is 1.85 bits per heavy atom. The van der Waals surface area contributed by atoms with Crippen LogP contribution in [0.4, 0.5) is 5.82 Å². The minimum Gasteiger partial charge on any atom is -0.438 e. The standard InChI is InChI=1S/C16H15N3O/c1-2-12-15(17)18-10-19-16(12)20-14-9-5-7-11-6-3-4-8-13(11)14/h3-10H,2H2,1H3,(H2,17,18,19). The van der Waals surface area contributed by atoms with E-state index in [-0.39, 0.29) is 0 Å². The van der Waals surface area contributed by atoms with Gasteiger partial charge >= 0.3 is 0 Å². The lowest BCUT2D eigenvalue weighted by Gasteiger charge is -2.11. The fourth-order valence-electron chi connectivity index (χ4n) is 2.22. The van der Waals surface area contributed by atoms with E-state index in [0.29, 0.717) is 11.7 Å². The average Bonchev–Trinajstić information content (AvgIpc) is 2.48. The van der Waals surface area contributed by atoms with Gasteiger partial charge in [-0.05, 0) is 17.9 Å². The summed E-state index contributed by atoms with van der Waals surface area (Å²) in [5.74, 6) is 1.77. The smallest absolute Gasteiger partial charge is 0.227 e. The first-order valence-corrected chi connectivity index (χ1v) is 6.54. The lowest BCUT2D eigenvalue weighted by molar-refractivity contribution is 0.461. The molecule has 0 fully saturated rings. The molecule has 100 valence electrons. The van der Waals surface area contributed by atoms with Crippen molar-refractivity contribution >= 4 is 16.6 Å². The minimum atomic E-state index is 0.470. The second kappa shape index (κ2) is 5.17. The maximum Gasteiger partial charge on any atom is 0.227 e. The van der Waals surface area contributed by atoms with E-state index in [1.165, 1.54) is 6.33 Å². The maximum absolute atomic E-state index is 5.96. The van der Waals surface area contributed by atoms with E-state index in [4.69, 9.17) is 10.5 Å². The van der Waals surface area contributed by atoms with Crippen molar-refractivity contribution in [2.24, 2.45) is 0 Å². The number of nitrogen functional groups attached to an aromatic ring is 1. The van der Waals surface area contributed by atoms with E-state index >= 15 is 0 Å². The number of rotatable bonds is 3. The van der Waals surface area contributed by atoms with Crippen molar-refractivity contribution < 1.29 is 4.74 Å². The van der Waals surface area contributed by atoms with Gasteiger partial charge < -0.3 is 10.5 Å². The normalized spacial score (nSPS) is 10.7. The molecule has 0 spiro atoms. The van der Waals surface area contributed by atoms with Crippen LogP contribution in [0.5, 0.6) is 11.6 Å². The van der Waals surface area contributed by atoms with Crippen molar-refractivity contribution in [2.75, 3.05) is 5.73 Å². The van der Waals surface area contributed by atoms with Gasteiger partial charge in [0.1, 0.15) is 17.9 Å². The molecule has 3 rings (SSSR count). The average molecular weight is 265 g/mol. The maximum atomic E-state index is 5.96. The number of aromatic nitrogens is 2. The summed E-state index contributed by atoms with van der Waals surface area (Å²) in [6, 6.07) is 14.0. The molecule has 20 heavy (non-hydrogen) atoms. The summed E-state index contributed by atoms with van der Waals surface area (Å²) in [4.78, 5) is 8.20. The number of benzene rings is 2. The SMILES string of the molecule is CCc1c(N)ncnc1Oc1cccc2ccccc12. The molecule has 4 nitrogen and oxygen atoms in total. The number of hydrogen-bond acceptors (Lipinski definition) is 4. The Bertz CT molecular complexity index is 750. The largest absolute Gasteiger partial charge is 0.438 e. The number of nitrogens with two attached hydrogens (primary N) is 1. The zero-order valence-electron chi connectivity index (χ0n) is 11.2. The van der Waals surface area contributed by atoms with Gasteiger partial charge in [-0.1, -0.05) is 43.3 Å². The fourth-order valence-corrected chi connectivity index (χ4v) is 2.22. The van der Waals surface area contributed by atoms with Crippen molar-refractivity contribution in [1.29, 1.82) is 0 Å². The Morgan fingerprint density at radius 3 is 2.70 bits per heavy atom. The van der Waals surface area contributed by atoms with E-state index in [9.17, 15) is 0 Å². The van der Waals surface area contributed by atoms with E-state index in [0.717, 1.165) is 28.5 Å². The molecule has 0 saturated heterocycles. The van der Waals surface area contributed by atoms with Gasteiger partial charge in [-0.25, -0.2) is 9.97 Å². The minimum absolute atomic E-state index is 0.470. The summed E-state index contributed by atoms with van der Waals surface area (Å²) in [6.45, 7) is 2.00. The third kappa shape index (κ3) is 2.16. The molecule has 0 radical (unpaired) electrons. The first-order valence-electron chi connectivity index (χ1n) is 6.54. The molecule has 4 heteroatoms. The van der Waals surface area contributed by atoms with Gasteiger partial charge in [0, 0.05) is 5.39 Å². The van der Waals surface area contributed by atoms with E-state index in [1.54, 1.807) is 0 Å². The molecule has 0 amide bonds. The van der Waals surface area contributed by atoms with Crippen LogP contribution in [0.15, 0.2) is 48.8 Å². The third-order valence-electron chi connectivity index (χ3n) is 3.25. The van der Waals surface area contributed by atoms with Gasteiger partial charge in [-0.2, -0.15) is 0 Å². The van der Waals surface area contributed by atoms with E-state index in [2.05, 4.69) is 22.1 Å². The second-order valence-corrected chi connectivity index (χ2v) is 4.48. The van der Waals surface area contributed by atoms with Crippen LogP contribution in [-0.4, -0.2) is 9.97 Å². The van der Waals surface area contributed by atoms with Crippen LogP contribution in [0.1, 0.15) is 12.5 Å². The molecule has 0 aliphatic heterocycles. The molecule has 3 aromatic rings. The second-order valence-electron chi connectivity index (χ2n) is 4.48. The number of nitrogens with zero attached hydrogens (tertiary/aromatic N) is 2. The predicted molar refractivity (Wildman–Crippen MR) is 79.8 cm³/mol. The van der Waals surface area contributed by atoms with Crippen molar-refractivity contribution in [3.8, 4) is 11.6 Å². The summed E-state index contributed by atoms with van der Waals surface area (Å²) in [6.07, 6.45) is 2.15. The molecule has 0 atom stereocenters. The van der Waals surface area contributed by atoms with Crippen molar-refractivity contribution in [2.45, 2.75) is 13.3 Å². The zero-order chi connectivity index (χ0) is 13.9. The molecule has 2 N–H and O–H groups in total. The van der Waals surface area contributed by atoms with E-state index in [1.807, 2.05) is 37.3 Å². The van der Waals surface area contributed by atoms with Crippen LogP contribution in [0, 0.1) is 0 Å². The highest BCUT2D eigenvalue weighted by Gasteiger charge is 2.11. The van der Waals surface area contributed by atoms with Crippen LogP contribution in [0.25, 0.3) is 10.8 Å². The summed E-state index contributed by atoms with van der Waals surface area (Å²) >= 11 is 0. The van der Waals surface area contributed by atoms with Crippen molar-refractivity contribution in [1.82, 2.24) is 9.97 Å². The zero-order valence-corrected chi connectivity index (χ0v) is 11.2. The van der Waals surface area contributed by atoms with Gasteiger partial charge in [-0.3, -0.25) is 0 Å². The van der Waals surface area contributed by atoms with Crippen LogP contribution in [0.3, 0.4) is 0 Å². The lowest BCUT2D eigenvalue weighted by Crippen LogP contribution is -2.01. The van der Waals surface area contributed by atoms with E-state index < -0.39 is 0 Å². The van der Waals surface area contributed by atoms with Gasteiger partial charge in [-0.15, -0.1) is 0 Å². The van der Waals surface area contributed by atoms with Crippen molar-refractivity contribution in [3.05, 3.63) is 54.4 Å². The van der Waals surface area contributed by atoms with Gasteiger partial charge in [0.25, 0.3) is 0 Å². The highest BCUT2D eigenvalue weighted by Crippen LogP contribution is 2.31. The molecule has 0 aliphatic carbocycles. The Kier molecular flexibility index (Phi) is 3.21. The number of fused-ring (bicyclic) bond motifs is 1. The highest BCUT2D eigenvalue weighted by atomic mass is 16.5. The predicted octanol–water partition coefficient (Wildman–Crippen LogP) is 3.57. The third-order valence-corrected chi connectivity index (χ3v) is 3.25. The summed E-state index contributed by atoms with van der Waals surface area (Å²) in [5.41, 5.74) is 6.70. The van der Waals surface area contributed by atoms with Crippen LogP contribution >= 0.6 is 0 Å². The first-order chi connectivity index (χ1) is 9.79. The fraction of sp³-hybridized carbons (Fsp3) is 0.125. The molecule has 0 saturated carbocycles. The molecule has 1 heterocycles. The van der Waals surface area contributed by atoms with Crippen LogP contribution < -0.4 is 10.5 Å². The monoisotopic (exact) mass is 265 g/mol. The number of ether oxygens (including phenoxy) is 1. The quantitative estimate of drug-likeness (QED) is 0.786. The molecule has 1 aromatic heterocycles. The molecule has 0 aliphatic rings. The van der Waals surface area contributed by atoms with Gasteiger partial charge in [0.05, 0.1) is 5.56 Å². The summed E-state index contributed by atoms with van der Waals surface area (Å²) in [5, 5.41) is 2.18. The highest BCUT2D eigenvalue weighted by molar-refractivity contribution is 5.88. The van der Waals surface area contributed by atoms with Crippen LogP contribution in [0.2, 0.25) is 0 Å². The molecule has 0 bridgehead atoms. The van der Waals surface area contributed by atoms with Crippen LogP contribution in [-0.2, 0) is 6.42 Å². The Labute approximate surface area is 117 Å². The van der Waals surface area contributed by atoms with Crippen molar-refractivity contribution in [3.63, 3.8) is 0 Å². The van der Waals surface area contributed by atoms with Gasteiger partial charge in [0.15, 0.2) is 0 Å². The Hall–Kier alpha value is -2.62. The number of anilines is 1. The Morgan fingerprint density at radius 1 is 1.05 bits per heavy atom. The summed E-state index contributed by atoms with van der Waals surface area (Å²) < 4.78 is 5.96. The summed E-state index contributed by atoms with van der Waals surface area (Å²) in [7, 11) is 0. The topological polar surface area (TPSA) is 61.0 Å². The molecule has 2 aromatic carbocycles. The molecule has 0 unspecified atom stereocenters. The Balaban J connectivity index is 2.08. The van der Waals surface area contributed by atoms with Gasteiger partial charge in [0.2, 0.25) is 5.88 Å². The first kappa shape index (κ1) is 12.4. The molecular formula is C16H15N3O. The lowest BCUT2D eigenvalue weighted by atomic mass is 10.1.